The molecule has 26 heavy (non-hydrogen) atoms. The second-order valence-electron chi connectivity index (χ2n) is 6.46. The van der Waals surface area contributed by atoms with Crippen molar-refractivity contribution in [2.24, 2.45) is 4.99 Å². The number of nitrogens with zero attached hydrogens (tertiary/aromatic N) is 3. The van der Waals surface area contributed by atoms with Crippen LogP contribution in [-0.2, 0) is 6.54 Å². The number of imidazole rings is 1. The van der Waals surface area contributed by atoms with Crippen LogP contribution in [0.3, 0.4) is 0 Å². The Hall–Kier alpha value is -2.02. The number of hydrogen-bond acceptors (Lipinski definition) is 3. The van der Waals surface area contributed by atoms with Crippen molar-refractivity contribution in [1.82, 2.24) is 20.2 Å². The maximum Gasteiger partial charge on any atom is 0.191 e. The summed E-state index contributed by atoms with van der Waals surface area (Å²) >= 11 is 1.94. The average Bonchev–Trinajstić information content (AvgIpc) is 3.31. The number of hydrogen-bond donors (Lipinski definition) is 2. The lowest BCUT2D eigenvalue weighted by Crippen LogP contribution is -2.42. The second-order valence-corrected chi connectivity index (χ2v) is 7.60. The van der Waals surface area contributed by atoms with E-state index in [1.165, 1.54) is 19.3 Å². The Balaban J connectivity index is 1.65. The van der Waals surface area contributed by atoms with E-state index in [0.717, 1.165) is 23.3 Å². The van der Waals surface area contributed by atoms with Gasteiger partial charge in [0.15, 0.2) is 5.96 Å². The minimum Gasteiger partial charge on any atom is -0.357 e. The highest BCUT2D eigenvalue weighted by molar-refractivity contribution is 7.99. The van der Waals surface area contributed by atoms with Crippen LogP contribution in [0.1, 0.15) is 31.7 Å². The van der Waals surface area contributed by atoms with Gasteiger partial charge in [-0.3, -0.25) is 0 Å². The van der Waals surface area contributed by atoms with Gasteiger partial charge in [0.25, 0.3) is 0 Å². The number of thioether (sulfide) groups is 1. The summed E-state index contributed by atoms with van der Waals surface area (Å²) in [6.07, 6.45) is 10.7. The molecule has 0 spiro atoms. The van der Waals surface area contributed by atoms with E-state index in [1.54, 1.807) is 35.4 Å². The topological polar surface area (TPSA) is 54.2 Å². The monoisotopic (exact) mass is 375 g/mol. The van der Waals surface area contributed by atoms with E-state index < -0.39 is 0 Å². The molecule has 1 saturated carbocycles. The van der Waals surface area contributed by atoms with E-state index in [1.807, 2.05) is 17.8 Å². The molecule has 2 unspecified atom stereocenters. The molecule has 0 saturated heterocycles. The molecule has 0 radical (unpaired) electrons. The smallest absolute Gasteiger partial charge is 0.191 e. The number of rotatable bonds is 6. The predicted octanol–water partition coefficient (Wildman–Crippen LogP) is 3.35. The molecule has 1 aromatic heterocycles. The lowest BCUT2D eigenvalue weighted by molar-refractivity contribution is 0.611. The zero-order valence-corrected chi connectivity index (χ0v) is 16.1. The fraction of sp³-hybridized carbons (Fsp3) is 0.474. The highest BCUT2D eigenvalue weighted by Crippen LogP contribution is 2.28. The van der Waals surface area contributed by atoms with Gasteiger partial charge < -0.3 is 15.2 Å². The molecule has 1 aliphatic rings. The lowest BCUT2D eigenvalue weighted by atomic mass is 10.2. The summed E-state index contributed by atoms with van der Waals surface area (Å²) in [6, 6.07) is 5.68. The first kappa shape index (κ1) is 18.8. The second kappa shape index (κ2) is 9.07. The molecule has 7 heteroatoms. The number of aromatic nitrogens is 2. The maximum absolute atomic E-state index is 14.4. The Kier molecular flexibility index (Phi) is 6.55. The molecular formula is C19H26FN5S. The van der Waals surface area contributed by atoms with Crippen LogP contribution in [0.4, 0.5) is 4.39 Å². The van der Waals surface area contributed by atoms with Gasteiger partial charge in [-0.05, 0) is 50.1 Å². The summed E-state index contributed by atoms with van der Waals surface area (Å²) in [5, 5.41) is 7.54. The number of halogens is 1. The first-order valence-corrected chi connectivity index (χ1v) is 10.3. The van der Waals surface area contributed by atoms with E-state index in [2.05, 4.69) is 33.8 Å². The van der Waals surface area contributed by atoms with Crippen molar-refractivity contribution in [3.63, 3.8) is 0 Å². The molecule has 2 N–H and O–H groups in total. The minimum absolute atomic E-state index is 0.271. The van der Waals surface area contributed by atoms with Gasteiger partial charge in [0.05, 0.1) is 18.6 Å². The van der Waals surface area contributed by atoms with Gasteiger partial charge in [0, 0.05) is 30.2 Å². The largest absolute Gasteiger partial charge is 0.357 e. The number of nitrogens with one attached hydrogen (secondary N) is 2. The van der Waals surface area contributed by atoms with Crippen molar-refractivity contribution >= 4 is 17.7 Å². The van der Waals surface area contributed by atoms with Crippen molar-refractivity contribution < 1.29 is 4.39 Å². The molecule has 1 aliphatic carbocycles. The van der Waals surface area contributed by atoms with Gasteiger partial charge in [-0.25, -0.2) is 14.4 Å². The normalized spacial score (nSPS) is 20.3. The first-order chi connectivity index (χ1) is 12.7. The molecule has 0 amide bonds. The van der Waals surface area contributed by atoms with Gasteiger partial charge in [-0.2, -0.15) is 11.8 Å². The Morgan fingerprint density at radius 2 is 2.31 bits per heavy atom. The summed E-state index contributed by atoms with van der Waals surface area (Å²) in [5.41, 5.74) is 1.34. The van der Waals surface area contributed by atoms with Gasteiger partial charge in [0.2, 0.25) is 0 Å². The van der Waals surface area contributed by atoms with Crippen molar-refractivity contribution in [3.05, 3.63) is 48.3 Å². The summed E-state index contributed by atoms with van der Waals surface area (Å²) < 4.78 is 16.0. The van der Waals surface area contributed by atoms with E-state index >= 15 is 0 Å². The third-order valence-corrected chi connectivity index (χ3v) is 5.71. The standard InChI is InChI=1S/C19H26FN5S/c1-3-22-19(24-15-5-6-16(11-15)26-2)23-12-14-4-7-18(17(20)10-14)25-9-8-21-13-25/h4,7-10,13,15-16H,3,5-6,11-12H2,1-2H3,(H2,22,23,24). The van der Waals surface area contributed by atoms with Crippen LogP contribution in [0.25, 0.3) is 5.69 Å². The first-order valence-electron chi connectivity index (χ1n) is 9.04. The van der Waals surface area contributed by atoms with Gasteiger partial charge in [0.1, 0.15) is 5.82 Å². The fourth-order valence-electron chi connectivity index (χ4n) is 3.23. The molecule has 3 rings (SSSR count). The molecule has 2 aromatic rings. The van der Waals surface area contributed by atoms with Gasteiger partial charge in [-0.1, -0.05) is 6.07 Å². The molecule has 1 fully saturated rings. The van der Waals surface area contributed by atoms with Crippen molar-refractivity contribution in [1.29, 1.82) is 0 Å². The Morgan fingerprint density at radius 1 is 1.42 bits per heavy atom. The van der Waals surface area contributed by atoms with Crippen LogP contribution in [0.5, 0.6) is 0 Å². The molecule has 1 aromatic carbocycles. The SMILES string of the molecule is CCNC(=NCc1ccc(-n2ccnc2)c(F)c1)NC1CCC(SC)C1. The molecule has 2 atom stereocenters. The zero-order chi connectivity index (χ0) is 18.4. The van der Waals surface area contributed by atoms with Crippen LogP contribution in [0.15, 0.2) is 41.9 Å². The lowest BCUT2D eigenvalue weighted by Gasteiger charge is -2.17. The number of guanidine groups is 1. The van der Waals surface area contributed by atoms with Gasteiger partial charge >= 0.3 is 0 Å². The average molecular weight is 376 g/mol. The van der Waals surface area contributed by atoms with Crippen LogP contribution in [0, 0.1) is 5.82 Å². The highest BCUT2D eigenvalue weighted by Gasteiger charge is 2.24. The third kappa shape index (κ3) is 4.78. The Labute approximate surface area is 158 Å². The van der Waals surface area contributed by atoms with Crippen molar-refractivity contribution in [2.45, 2.75) is 44.0 Å². The number of benzene rings is 1. The molecule has 1 heterocycles. The molecule has 0 bridgehead atoms. The van der Waals surface area contributed by atoms with Crippen LogP contribution in [0.2, 0.25) is 0 Å². The van der Waals surface area contributed by atoms with E-state index in [4.69, 9.17) is 0 Å². The maximum atomic E-state index is 14.4. The van der Waals surface area contributed by atoms with Gasteiger partial charge in [-0.15, -0.1) is 0 Å². The molecular weight excluding hydrogens is 349 g/mol. The summed E-state index contributed by atoms with van der Waals surface area (Å²) in [6.45, 7) is 3.30. The summed E-state index contributed by atoms with van der Waals surface area (Å²) in [7, 11) is 0. The Morgan fingerprint density at radius 3 is 2.96 bits per heavy atom. The molecule has 140 valence electrons. The van der Waals surface area contributed by atoms with E-state index in [-0.39, 0.29) is 5.82 Å². The van der Waals surface area contributed by atoms with Crippen LogP contribution < -0.4 is 10.6 Å². The quantitative estimate of drug-likeness (QED) is 0.601. The Bertz CT molecular complexity index is 732. The summed E-state index contributed by atoms with van der Waals surface area (Å²) in [5.74, 6) is 0.533. The fourth-order valence-corrected chi connectivity index (χ4v) is 4.03. The summed E-state index contributed by atoms with van der Waals surface area (Å²) in [4.78, 5) is 8.59. The van der Waals surface area contributed by atoms with Crippen LogP contribution in [-0.4, -0.2) is 39.6 Å². The van der Waals surface area contributed by atoms with Crippen LogP contribution >= 0.6 is 11.8 Å². The van der Waals surface area contributed by atoms with Crippen molar-refractivity contribution in [2.75, 3.05) is 12.8 Å². The van der Waals surface area contributed by atoms with Crippen molar-refractivity contribution in [3.8, 4) is 5.69 Å². The minimum atomic E-state index is -0.271. The van der Waals surface area contributed by atoms with E-state index in [0.29, 0.717) is 18.3 Å². The zero-order valence-electron chi connectivity index (χ0n) is 15.3. The molecule has 5 nitrogen and oxygen atoms in total. The third-order valence-electron chi connectivity index (χ3n) is 4.62. The highest BCUT2D eigenvalue weighted by atomic mass is 32.2. The van der Waals surface area contributed by atoms with E-state index in [9.17, 15) is 4.39 Å². The number of aliphatic imine (C=N–C) groups is 1. The molecule has 0 aliphatic heterocycles. The predicted molar refractivity (Wildman–Crippen MR) is 106 cm³/mol.